The van der Waals surface area contributed by atoms with Gasteiger partial charge in [-0.25, -0.2) is 12.8 Å². The maximum atomic E-state index is 13.2. The van der Waals surface area contributed by atoms with Gasteiger partial charge in [-0.3, -0.25) is 4.79 Å². The first-order valence-corrected chi connectivity index (χ1v) is 11.3. The number of rotatable bonds is 5. The molecule has 1 aliphatic heterocycles. The molecule has 0 radical (unpaired) electrons. The predicted molar refractivity (Wildman–Crippen MR) is 112 cm³/mol. The number of hydrogen-bond acceptors (Lipinski definition) is 3. The van der Waals surface area contributed by atoms with Crippen LogP contribution in [0.5, 0.6) is 0 Å². The number of piperidine rings is 1. The van der Waals surface area contributed by atoms with Crippen molar-refractivity contribution in [1.82, 2.24) is 4.31 Å². The van der Waals surface area contributed by atoms with Crippen molar-refractivity contribution in [3.05, 3.63) is 58.9 Å². The van der Waals surface area contributed by atoms with Crippen molar-refractivity contribution in [1.29, 1.82) is 0 Å². The molecule has 0 spiro atoms. The highest BCUT2D eigenvalue weighted by Crippen LogP contribution is 2.28. The zero-order valence-corrected chi connectivity index (χ0v) is 17.9. The minimum Gasteiger partial charge on any atom is -0.326 e. The van der Waals surface area contributed by atoms with Crippen LogP contribution < -0.4 is 5.32 Å². The third kappa shape index (κ3) is 4.85. The zero-order valence-electron chi connectivity index (χ0n) is 17.0. The van der Waals surface area contributed by atoms with Crippen LogP contribution in [0.3, 0.4) is 0 Å². The Labute approximate surface area is 172 Å². The summed E-state index contributed by atoms with van der Waals surface area (Å²) in [5, 5.41) is 2.96. The predicted octanol–water partition coefficient (Wildman–Crippen LogP) is 4.32. The molecule has 0 saturated carbocycles. The summed E-state index contributed by atoms with van der Waals surface area (Å²) in [7, 11) is -3.78. The molecule has 5 nitrogen and oxygen atoms in total. The topological polar surface area (TPSA) is 66.5 Å². The zero-order chi connectivity index (χ0) is 21.2. The molecule has 1 N–H and O–H groups in total. The van der Waals surface area contributed by atoms with Crippen molar-refractivity contribution in [2.24, 2.45) is 0 Å². The van der Waals surface area contributed by atoms with Gasteiger partial charge in [0.1, 0.15) is 5.82 Å². The second-order valence-corrected chi connectivity index (χ2v) is 9.64. The second kappa shape index (κ2) is 8.63. The number of aryl methyl sites for hydroxylation is 3. The maximum absolute atomic E-state index is 13.2. The minimum absolute atomic E-state index is 0.0523. The standard InChI is InChI=1S/C22H27FN2O3S/c1-15-12-16(2)22(17(3)13-15)24-21(26)14-19-6-4-5-11-25(19)29(27,28)20-9-7-18(23)8-10-20/h7-10,12-13,19H,4-6,11,14H2,1-3H3,(H,24,26)/t19-/m0/s1. The van der Waals surface area contributed by atoms with E-state index in [0.29, 0.717) is 13.0 Å². The van der Waals surface area contributed by atoms with Crippen LogP contribution in [0.1, 0.15) is 42.4 Å². The molecule has 7 heteroatoms. The van der Waals surface area contributed by atoms with Crippen molar-refractivity contribution >= 4 is 21.6 Å². The molecule has 0 bridgehead atoms. The summed E-state index contributed by atoms with van der Waals surface area (Å²) in [5.74, 6) is -0.686. The summed E-state index contributed by atoms with van der Waals surface area (Å²) in [6.45, 7) is 6.26. The fourth-order valence-corrected chi connectivity index (χ4v) is 5.71. The molecule has 1 heterocycles. The molecular formula is C22H27FN2O3S. The van der Waals surface area contributed by atoms with Crippen LogP contribution in [0.2, 0.25) is 0 Å². The van der Waals surface area contributed by atoms with Gasteiger partial charge in [0.25, 0.3) is 0 Å². The smallest absolute Gasteiger partial charge is 0.243 e. The SMILES string of the molecule is Cc1cc(C)c(NC(=O)C[C@@H]2CCCCN2S(=O)(=O)c2ccc(F)cc2)c(C)c1. The van der Waals surface area contributed by atoms with Crippen LogP contribution in [0.4, 0.5) is 10.1 Å². The van der Waals surface area contributed by atoms with E-state index in [2.05, 4.69) is 5.32 Å². The molecule has 2 aromatic rings. The minimum atomic E-state index is -3.78. The van der Waals surface area contributed by atoms with Crippen molar-refractivity contribution in [2.45, 2.75) is 57.4 Å². The Kier molecular flexibility index (Phi) is 6.39. The van der Waals surface area contributed by atoms with E-state index in [-0.39, 0.29) is 17.2 Å². The Morgan fingerprint density at radius 1 is 1.10 bits per heavy atom. The number of nitrogens with zero attached hydrogens (tertiary/aromatic N) is 1. The number of benzene rings is 2. The van der Waals surface area contributed by atoms with Gasteiger partial charge in [0, 0.05) is 24.7 Å². The van der Waals surface area contributed by atoms with E-state index in [1.165, 1.54) is 16.4 Å². The van der Waals surface area contributed by atoms with E-state index < -0.39 is 21.9 Å². The van der Waals surface area contributed by atoms with Gasteiger partial charge in [-0.05, 0) is 69.0 Å². The second-order valence-electron chi connectivity index (χ2n) is 7.75. The summed E-state index contributed by atoms with van der Waals surface area (Å²) in [6.07, 6.45) is 2.33. The largest absolute Gasteiger partial charge is 0.326 e. The monoisotopic (exact) mass is 418 g/mol. The molecule has 1 saturated heterocycles. The van der Waals surface area contributed by atoms with Gasteiger partial charge >= 0.3 is 0 Å². The number of nitrogens with one attached hydrogen (secondary N) is 1. The lowest BCUT2D eigenvalue weighted by Gasteiger charge is -2.34. The van der Waals surface area contributed by atoms with Gasteiger partial charge < -0.3 is 5.32 Å². The molecule has 1 aliphatic rings. The molecule has 0 aromatic heterocycles. The summed E-state index contributed by atoms with van der Waals surface area (Å²) < 4.78 is 40.7. The normalized spacial score (nSPS) is 17.9. The Morgan fingerprint density at radius 3 is 2.34 bits per heavy atom. The van der Waals surface area contributed by atoms with Crippen LogP contribution in [0.15, 0.2) is 41.3 Å². The first-order valence-electron chi connectivity index (χ1n) is 9.83. The first-order chi connectivity index (χ1) is 13.7. The number of carbonyl (C=O) groups is 1. The van der Waals surface area contributed by atoms with Gasteiger partial charge in [-0.15, -0.1) is 0 Å². The van der Waals surface area contributed by atoms with Crippen molar-refractivity contribution < 1.29 is 17.6 Å². The molecular weight excluding hydrogens is 391 g/mol. The number of carbonyl (C=O) groups excluding carboxylic acids is 1. The van der Waals surface area contributed by atoms with Crippen molar-refractivity contribution in [2.75, 3.05) is 11.9 Å². The van der Waals surface area contributed by atoms with E-state index in [1.54, 1.807) is 0 Å². The van der Waals surface area contributed by atoms with Crippen molar-refractivity contribution in [3.63, 3.8) is 0 Å². The lowest BCUT2D eigenvalue weighted by molar-refractivity contribution is -0.117. The molecule has 29 heavy (non-hydrogen) atoms. The highest BCUT2D eigenvalue weighted by molar-refractivity contribution is 7.89. The summed E-state index contributed by atoms with van der Waals surface area (Å²) >= 11 is 0. The summed E-state index contributed by atoms with van der Waals surface area (Å²) in [6, 6.07) is 8.43. The van der Waals surface area contributed by atoms with Gasteiger partial charge in [-0.2, -0.15) is 4.31 Å². The van der Waals surface area contributed by atoms with E-state index in [1.807, 2.05) is 32.9 Å². The number of hydrogen-bond donors (Lipinski definition) is 1. The number of sulfonamides is 1. The van der Waals surface area contributed by atoms with Crippen LogP contribution in [0, 0.1) is 26.6 Å². The van der Waals surface area contributed by atoms with Crippen molar-refractivity contribution in [3.8, 4) is 0 Å². The quantitative estimate of drug-likeness (QED) is 0.786. The fraction of sp³-hybridized carbons (Fsp3) is 0.409. The van der Waals surface area contributed by atoms with Crippen LogP contribution >= 0.6 is 0 Å². The van der Waals surface area contributed by atoms with Gasteiger partial charge in [-0.1, -0.05) is 24.1 Å². The third-order valence-electron chi connectivity index (χ3n) is 5.36. The number of halogens is 1. The average Bonchev–Trinajstić information content (AvgIpc) is 2.65. The van der Waals surface area contributed by atoms with Gasteiger partial charge in [0.2, 0.25) is 15.9 Å². The molecule has 156 valence electrons. The lowest BCUT2D eigenvalue weighted by Crippen LogP contribution is -2.45. The Bertz CT molecular complexity index is 980. The van der Waals surface area contributed by atoms with Gasteiger partial charge in [0.05, 0.1) is 4.90 Å². The van der Waals surface area contributed by atoms with E-state index in [4.69, 9.17) is 0 Å². The third-order valence-corrected chi connectivity index (χ3v) is 7.32. The Balaban J connectivity index is 1.78. The molecule has 3 rings (SSSR count). The Morgan fingerprint density at radius 2 is 1.72 bits per heavy atom. The molecule has 1 amide bonds. The number of anilines is 1. The Hall–Kier alpha value is -2.25. The van der Waals surface area contributed by atoms with E-state index in [9.17, 15) is 17.6 Å². The van der Waals surface area contributed by atoms with Crippen LogP contribution in [-0.2, 0) is 14.8 Å². The summed E-state index contributed by atoms with van der Waals surface area (Å²) in [4.78, 5) is 12.8. The van der Waals surface area contributed by atoms with E-state index >= 15 is 0 Å². The van der Waals surface area contributed by atoms with E-state index in [0.717, 1.165) is 47.4 Å². The average molecular weight is 419 g/mol. The van der Waals surface area contributed by atoms with Gasteiger partial charge in [0.15, 0.2) is 0 Å². The highest BCUT2D eigenvalue weighted by atomic mass is 32.2. The maximum Gasteiger partial charge on any atom is 0.243 e. The summed E-state index contributed by atoms with van der Waals surface area (Å²) in [5.41, 5.74) is 3.87. The highest BCUT2D eigenvalue weighted by Gasteiger charge is 2.34. The first kappa shape index (κ1) is 21.5. The van der Waals surface area contributed by atoms with Crippen LogP contribution in [-0.4, -0.2) is 31.2 Å². The molecule has 1 fully saturated rings. The fourth-order valence-electron chi connectivity index (χ4n) is 4.02. The molecule has 0 aliphatic carbocycles. The molecule has 0 unspecified atom stereocenters. The number of amides is 1. The molecule has 2 aromatic carbocycles. The molecule has 1 atom stereocenters. The van der Waals surface area contributed by atoms with Crippen LogP contribution in [0.25, 0.3) is 0 Å². The lowest BCUT2D eigenvalue weighted by atomic mass is 10.0.